The first kappa shape index (κ1) is 13.6. The highest BCUT2D eigenvalue weighted by atomic mass is 16.5. The van der Waals surface area contributed by atoms with Gasteiger partial charge in [0.15, 0.2) is 0 Å². The molecule has 0 radical (unpaired) electrons. The van der Waals surface area contributed by atoms with E-state index in [9.17, 15) is 9.59 Å². The normalized spacial score (nSPS) is 9.85. The van der Waals surface area contributed by atoms with Crippen LogP contribution in [0.3, 0.4) is 0 Å². The molecule has 0 aliphatic rings. The van der Waals surface area contributed by atoms with E-state index < -0.39 is 5.97 Å². The minimum Gasteiger partial charge on any atom is -0.478 e. The molecule has 0 saturated heterocycles. The number of aromatic carboxylic acids is 1. The van der Waals surface area contributed by atoms with Gasteiger partial charge in [0, 0.05) is 12.6 Å². The topological polar surface area (TPSA) is 75.6 Å². The summed E-state index contributed by atoms with van der Waals surface area (Å²) >= 11 is 0. The fourth-order valence-electron chi connectivity index (χ4n) is 1.61. The predicted octanol–water partition coefficient (Wildman–Crippen LogP) is 3.14. The fraction of sp³-hybridized carbons (Fsp3) is 0.0667. The fourth-order valence-corrected chi connectivity index (χ4v) is 1.61. The molecule has 0 aliphatic carbocycles. The summed E-state index contributed by atoms with van der Waals surface area (Å²) in [4.78, 5) is 21.6. The summed E-state index contributed by atoms with van der Waals surface area (Å²) in [6.45, 7) is 1.44. The molecule has 2 aromatic carbocycles. The molecule has 2 aromatic rings. The first-order valence-electron chi connectivity index (χ1n) is 5.93. The van der Waals surface area contributed by atoms with Crippen molar-refractivity contribution < 1.29 is 19.4 Å². The van der Waals surface area contributed by atoms with Crippen LogP contribution >= 0.6 is 0 Å². The van der Waals surface area contributed by atoms with Crippen LogP contribution in [0.15, 0.2) is 48.5 Å². The van der Waals surface area contributed by atoms with E-state index in [0.29, 0.717) is 17.2 Å². The maximum absolute atomic E-state index is 10.9. The Labute approximate surface area is 115 Å². The Bertz CT molecular complexity index is 617. The predicted molar refractivity (Wildman–Crippen MR) is 74.2 cm³/mol. The van der Waals surface area contributed by atoms with Crippen LogP contribution in [0.25, 0.3) is 0 Å². The average molecular weight is 271 g/mol. The molecule has 0 fully saturated rings. The number of rotatable bonds is 4. The van der Waals surface area contributed by atoms with Crippen molar-refractivity contribution in [3.63, 3.8) is 0 Å². The Morgan fingerprint density at radius 1 is 0.950 bits per heavy atom. The zero-order valence-electron chi connectivity index (χ0n) is 10.8. The number of hydrogen-bond donors (Lipinski definition) is 2. The lowest BCUT2D eigenvalue weighted by Gasteiger charge is -2.07. The molecule has 5 nitrogen and oxygen atoms in total. The third kappa shape index (κ3) is 3.58. The molecular formula is C15H13NO4. The number of carboxylic acids is 1. The van der Waals surface area contributed by atoms with Crippen molar-refractivity contribution >= 4 is 17.6 Å². The average Bonchev–Trinajstić information content (AvgIpc) is 2.41. The van der Waals surface area contributed by atoms with E-state index in [2.05, 4.69) is 5.32 Å². The summed E-state index contributed by atoms with van der Waals surface area (Å²) in [5.74, 6) is 0.0311. The summed E-state index contributed by atoms with van der Waals surface area (Å²) in [7, 11) is 0. The molecule has 1 amide bonds. The van der Waals surface area contributed by atoms with E-state index in [1.807, 2.05) is 0 Å². The van der Waals surface area contributed by atoms with Gasteiger partial charge in [-0.3, -0.25) is 4.79 Å². The highest BCUT2D eigenvalue weighted by molar-refractivity contribution is 5.88. The van der Waals surface area contributed by atoms with Crippen LogP contribution in [-0.4, -0.2) is 17.0 Å². The van der Waals surface area contributed by atoms with Gasteiger partial charge in [-0.2, -0.15) is 0 Å². The second-order valence-electron chi connectivity index (χ2n) is 4.14. The molecule has 0 bridgehead atoms. The molecule has 0 unspecified atom stereocenters. The quantitative estimate of drug-likeness (QED) is 0.895. The van der Waals surface area contributed by atoms with Crippen molar-refractivity contribution in [2.75, 3.05) is 5.32 Å². The standard InChI is InChI=1S/C15H13NO4/c1-10(17)16-12-4-8-14(9-5-12)20-13-6-2-11(3-7-13)15(18)19/h2-9H,1H3,(H,16,17)(H,18,19). The highest BCUT2D eigenvalue weighted by Crippen LogP contribution is 2.23. The SMILES string of the molecule is CC(=O)Nc1ccc(Oc2ccc(C(=O)O)cc2)cc1. The molecule has 0 spiro atoms. The molecule has 0 heterocycles. The zero-order chi connectivity index (χ0) is 14.5. The Morgan fingerprint density at radius 3 is 1.90 bits per heavy atom. The lowest BCUT2D eigenvalue weighted by atomic mass is 10.2. The summed E-state index contributed by atoms with van der Waals surface area (Å²) < 4.78 is 5.57. The molecule has 20 heavy (non-hydrogen) atoms. The van der Waals surface area contributed by atoms with E-state index >= 15 is 0 Å². The second-order valence-corrected chi connectivity index (χ2v) is 4.14. The number of carbonyl (C=O) groups excluding carboxylic acids is 1. The van der Waals surface area contributed by atoms with Crippen LogP contribution in [0.2, 0.25) is 0 Å². The summed E-state index contributed by atoms with van der Waals surface area (Å²) in [5, 5.41) is 11.4. The van der Waals surface area contributed by atoms with Gasteiger partial charge in [-0.25, -0.2) is 4.79 Å². The molecule has 2 rings (SSSR count). The molecule has 0 aromatic heterocycles. The number of anilines is 1. The summed E-state index contributed by atoms with van der Waals surface area (Å²) in [5.41, 5.74) is 0.893. The zero-order valence-corrected chi connectivity index (χ0v) is 10.8. The second kappa shape index (κ2) is 5.88. The van der Waals surface area contributed by atoms with Crippen molar-refractivity contribution in [3.8, 4) is 11.5 Å². The van der Waals surface area contributed by atoms with Crippen LogP contribution in [0.1, 0.15) is 17.3 Å². The monoisotopic (exact) mass is 271 g/mol. The lowest BCUT2D eigenvalue weighted by Crippen LogP contribution is -2.05. The minimum absolute atomic E-state index is 0.136. The van der Waals surface area contributed by atoms with Gasteiger partial charge >= 0.3 is 5.97 Å². The molecule has 0 atom stereocenters. The first-order valence-corrected chi connectivity index (χ1v) is 5.93. The van der Waals surface area contributed by atoms with Gasteiger partial charge in [0.1, 0.15) is 11.5 Å². The van der Waals surface area contributed by atoms with E-state index in [1.54, 1.807) is 36.4 Å². The van der Waals surface area contributed by atoms with Gasteiger partial charge in [-0.15, -0.1) is 0 Å². The van der Waals surface area contributed by atoms with Gasteiger partial charge < -0.3 is 15.2 Å². The van der Waals surface area contributed by atoms with Crippen LogP contribution in [0.4, 0.5) is 5.69 Å². The molecule has 0 saturated carbocycles. The lowest BCUT2D eigenvalue weighted by molar-refractivity contribution is -0.114. The summed E-state index contributed by atoms with van der Waals surface area (Å²) in [6, 6.07) is 13.0. The van der Waals surface area contributed by atoms with Crippen LogP contribution in [0.5, 0.6) is 11.5 Å². The number of benzene rings is 2. The molecule has 2 N–H and O–H groups in total. The van der Waals surface area contributed by atoms with Crippen LogP contribution in [-0.2, 0) is 4.79 Å². The third-order valence-corrected chi connectivity index (χ3v) is 2.51. The van der Waals surface area contributed by atoms with Crippen LogP contribution < -0.4 is 10.1 Å². The van der Waals surface area contributed by atoms with Crippen molar-refractivity contribution in [3.05, 3.63) is 54.1 Å². The van der Waals surface area contributed by atoms with E-state index in [4.69, 9.17) is 9.84 Å². The number of carbonyl (C=O) groups is 2. The number of hydrogen-bond acceptors (Lipinski definition) is 3. The largest absolute Gasteiger partial charge is 0.478 e. The number of nitrogens with one attached hydrogen (secondary N) is 1. The van der Waals surface area contributed by atoms with E-state index in [0.717, 1.165) is 0 Å². The summed E-state index contributed by atoms with van der Waals surface area (Å²) in [6.07, 6.45) is 0. The maximum Gasteiger partial charge on any atom is 0.335 e. The van der Waals surface area contributed by atoms with Crippen molar-refractivity contribution in [2.24, 2.45) is 0 Å². The smallest absolute Gasteiger partial charge is 0.335 e. The van der Waals surface area contributed by atoms with Crippen molar-refractivity contribution in [2.45, 2.75) is 6.92 Å². The molecule has 102 valence electrons. The number of ether oxygens (including phenoxy) is 1. The van der Waals surface area contributed by atoms with Gasteiger partial charge in [0.2, 0.25) is 5.91 Å². The molecule has 0 aliphatic heterocycles. The van der Waals surface area contributed by atoms with Crippen molar-refractivity contribution in [1.29, 1.82) is 0 Å². The van der Waals surface area contributed by atoms with Gasteiger partial charge in [-0.05, 0) is 48.5 Å². The molecular weight excluding hydrogens is 258 g/mol. The highest BCUT2D eigenvalue weighted by Gasteiger charge is 2.03. The van der Waals surface area contributed by atoms with E-state index in [-0.39, 0.29) is 11.5 Å². The van der Waals surface area contributed by atoms with Gasteiger partial charge in [0.05, 0.1) is 5.56 Å². The number of carboxylic acid groups (broad SMARTS) is 1. The Kier molecular flexibility index (Phi) is 4.00. The van der Waals surface area contributed by atoms with Crippen molar-refractivity contribution in [1.82, 2.24) is 0 Å². The Morgan fingerprint density at radius 2 is 1.45 bits per heavy atom. The Hall–Kier alpha value is -2.82. The molecule has 5 heteroatoms. The van der Waals surface area contributed by atoms with E-state index in [1.165, 1.54) is 19.1 Å². The van der Waals surface area contributed by atoms with Crippen LogP contribution in [0, 0.1) is 0 Å². The third-order valence-electron chi connectivity index (χ3n) is 2.51. The Balaban J connectivity index is 2.06. The maximum atomic E-state index is 10.9. The van der Waals surface area contributed by atoms with Gasteiger partial charge in [0.25, 0.3) is 0 Å². The first-order chi connectivity index (χ1) is 9.54. The van der Waals surface area contributed by atoms with Gasteiger partial charge in [-0.1, -0.05) is 0 Å². The number of amides is 1. The minimum atomic E-state index is -0.976.